The van der Waals surface area contributed by atoms with Crippen molar-refractivity contribution in [2.75, 3.05) is 0 Å². The Hall–Kier alpha value is 1.40. The molecule has 2 radical (unpaired) electrons. The predicted molar refractivity (Wildman–Crippen MR) is 26.1 cm³/mol. The molecule has 0 saturated carbocycles. The summed E-state index contributed by atoms with van der Waals surface area (Å²) in [6.07, 6.45) is 0. The largest absolute Gasteiger partial charge is 2.00 e. The molecule has 0 N–H and O–H groups in total. The van der Waals surface area contributed by atoms with E-state index in [4.69, 9.17) is 0 Å². The maximum absolute atomic E-state index is 0. The van der Waals surface area contributed by atoms with Crippen molar-refractivity contribution in [3.8, 4) is 0 Å². The number of hydrogen-bond acceptors (Lipinski definition) is 0. The van der Waals surface area contributed by atoms with Crippen LogP contribution in [0, 0.1) is 0 Å². The molecule has 0 atom stereocenters. The fourth-order valence-electron chi connectivity index (χ4n) is 0. The van der Waals surface area contributed by atoms with Gasteiger partial charge in [-0.2, -0.15) is 0 Å². The maximum atomic E-state index is 0. The summed E-state index contributed by atoms with van der Waals surface area (Å²) < 4.78 is 0. The quantitative estimate of drug-likeness (QED) is 0.391. The number of rotatable bonds is 0. The Labute approximate surface area is 86.3 Å². The summed E-state index contributed by atoms with van der Waals surface area (Å²) in [5.74, 6) is 0. The molecule has 0 spiro atoms. The average Bonchev–Trinajstić information content (AvgIpc) is 0. The minimum Gasteiger partial charge on any atom is -2.00 e. The van der Waals surface area contributed by atoms with Crippen LogP contribution >= 0.6 is 0 Å². The molecule has 0 rings (SSSR count). The summed E-state index contributed by atoms with van der Waals surface area (Å²) in [7, 11) is 0. The van der Waals surface area contributed by atoms with Crippen LogP contribution in [0.15, 0.2) is 0 Å². The fraction of sp³-hybridized carbons (Fsp3) is 0. The van der Waals surface area contributed by atoms with Gasteiger partial charge in [0.1, 0.15) is 0 Å². The van der Waals surface area contributed by atoms with Crippen molar-refractivity contribution in [3.05, 3.63) is 0 Å². The van der Waals surface area contributed by atoms with E-state index in [-0.39, 0.29) is 86.4 Å². The van der Waals surface area contributed by atoms with Gasteiger partial charge >= 0.3 is 0 Å². The van der Waals surface area contributed by atoms with E-state index < -0.39 is 0 Å². The molecule has 0 aromatic heterocycles. The first-order chi connectivity index (χ1) is 0. The molecule has 0 aromatic rings. The molecule has 0 aliphatic rings. The topological polar surface area (TPSA) is 142 Å². The Kier molecular flexibility index (Phi) is 17500. The Balaban J connectivity index is 0. The third-order valence-electron chi connectivity index (χ3n) is 0. The second-order valence-corrected chi connectivity index (χ2v) is 0. The van der Waals surface area contributed by atoms with E-state index in [1.807, 2.05) is 0 Å². The van der Waals surface area contributed by atoms with E-state index in [0.717, 1.165) is 0 Å². The van der Waals surface area contributed by atoms with Gasteiger partial charge in [-0.15, -0.1) is 0 Å². The third kappa shape index (κ3) is 262. The van der Waals surface area contributed by atoms with Crippen LogP contribution in [0.5, 0.6) is 0 Å². The van der Waals surface area contributed by atoms with Crippen LogP contribution in [-0.2, 0) is 64.5 Å². The number of hydrogen-bond donors (Lipinski definition) is 0. The summed E-state index contributed by atoms with van der Waals surface area (Å²) in [5, 5.41) is 0. The van der Waals surface area contributed by atoms with Crippen LogP contribution in [0.1, 0.15) is 0 Å². The Morgan fingerprint density at radius 2 is 0.333 bits per heavy atom. The molecular formula is H8O5Si2V2-10. The first kappa shape index (κ1) is 467. The van der Waals surface area contributed by atoms with Crippen LogP contribution in [0.3, 0.4) is 0 Å². The summed E-state index contributed by atoms with van der Waals surface area (Å²) in [6, 6.07) is 0. The molecule has 0 heterocycles. The average molecular weight is 246 g/mol. The van der Waals surface area contributed by atoms with E-state index in [9.17, 15) is 0 Å². The molecule has 0 aliphatic heterocycles. The van der Waals surface area contributed by atoms with Gasteiger partial charge in [-0.1, -0.05) is 0 Å². The van der Waals surface area contributed by atoms with Gasteiger partial charge in [0.25, 0.3) is 0 Å². The molecule has 0 aromatic carbocycles. The standard InChI is InChI=1S/5O.2H4Si.2V/h;;;;;2*1H4;;/q5*-2;;;;. The minimum atomic E-state index is 0. The van der Waals surface area contributed by atoms with Crippen molar-refractivity contribution < 1.29 is 64.5 Å². The van der Waals surface area contributed by atoms with Crippen molar-refractivity contribution in [3.63, 3.8) is 0 Å². The second-order valence-electron chi connectivity index (χ2n) is 0. The van der Waals surface area contributed by atoms with E-state index in [1.165, 1.54) is 0 Å². The molecule has 66 valence electrons. The van der Waals surface area contributed by atoms with Gasteiger partial charge in [0.2, 0.25) is 0 Å². The van der Waals surface area contributed by atoms with Crippen molar-refractivity contribution in [1.82, 2.24) is 0 Å². The summed E-state index contributed by atoms with van der Waals surface area (Å²) in [4.78, 5) is 0. The van der Waals surface area contributed by atoms with E-state index >= 15 is 0 Å². The fourth-order valence-corrected chi connectivity index (χ4v) is 0. The summed E-state index contributed by atoms with van der Waals surface area (Å²) in [5.41, 5.74) is 0. The first-order valence-corrected chi connectivity index (χ1v) is 0. The van der Waals surface area contributed by atoms with Gasteiger partial charge in [0.15, 0.2) is 0 Å². The van der Waals surface area contributed by atoms with Crippen LogP contribution in [-0.4, -0.2) is 21.9 Å². The molecule has 0 unspecified atom stereocenters. The summed E-state index contributed by atoms with van der Waals surface area (Å²) in [6.45, 7) is 0. The van der Waals surface area contributed by atoms with Crippen molar-refractivity contribution in [2.24, 2.45) is 0 Å². The Morgan fingerprint density at radius 3 is 0.333 bits per heavy atom. The SMILES string of the molecule is [O-2].[O-2].[O-2].[O-2].[O-2].[SiH4].[SiH4].[V].[V]. The van der Waals surface area contributed by atoms with Gasteiger partial charge in [0.05, 0.1) is 0 Å². The summed E-state index contributed by atoms with van der Waals surface area (Å²) >= 11 is 0. The molecular weight excluding hydrogens is 238 g/mol. The van der Waals surface area contributed by atoms with Crippen LogP contribution < -0.4 is 0 Å². The normalized spacial score (nSPS) is 0. The maximum Gasteiger partial charge on any atom is 0 e. The van der Waals surface area contributed by atoms with E-state index in [0.29, 0.717) is 0 Å². The molecule has 0 bridgehead atoms. The molecule has 9 heavy (non-hydrogen) atoms. The molecule has 0 fully saturated rings. The van der Waals surface area contributed by atoms with Gasteiger partial charge < -0.3 is 27.4 Å². The van der Waals surface area contributed by atoms with Gasteiger partial charge in [-0.05, 0) is 21.9 Å². The molecule has 0 amide bonds. The smallest absolute Gasteiger partial charge is 0 e. The second kappa shape index (κ2) is 337. The van der Waals surface area contributed by atoms with Crippen LogP contribution in [0.4, 0.5) is 0 Å². The zero-order valence-corrected chi connectivity index (χ0v) is 5.73. The Morgan fingerprint density at radius 1 is 0.333 bits per heavy atom. The zero-order chi connectivity index (χ0) is 0. The molecule has 0 aliphatic carbocycles. The predicted octanol–water partition coefficient (Wildman–Crippen LogP) is -3.50. The van der Waals surface area contributed by atoms with E-state index in [1.54, 1.807) is 0 Å². The molecule has 0 saturated heterocycles. The van der Waals surface area contributed by atoms with Gasteiger partial charge in [-0.25, -0.2) is 0 Å². The van der Waals surface area contributed by atoms with Gasteiger partial charge in [0, 0.05) is 37.1 Å². The van der Waals surface area contributed by atoms with Crippen molar-refractivity contribution >= 4 is 21.9 Å². The zero-order valence-electron chi connectivity index (χ0n) is 2.94. The monoisotopic (exact) mass is 246 g/mol. The minimum absolute atomic E-state index is 0. The molecule has 5 nitrogen and oxygen atoms in total. The van der Waals surface area contributed by atoms with Crippen LogP contribution in [0.2, 0.25) is 0 Å². The Bertz CT molecular complexity index is 12.9. The van der Waals surface area contributed by atoms with Crippen molar-refractivity contribution in [1.29, 1.82) is 0 Å². The molecule has 9 heteroatoms. The third-order valence-corrected chi connectivity index (χ3v) is 0. The van der Waals surface area contributed by atoms with E-state index in [2.05, 4.69) is 0 Å². The van der Waals surface area contributed by atoms with Crippen molar-refractivity contribution in [2.45, 2.75) is 0 Å². The van der Waals surface area contributed by atoms with Gasteiger partial charge in [-0.3, -0.25) is 0 Å². The van der Waals surface area contributed by atoms with Crippen LogP contribution in [0.25, 0.3) is 0 Å². The first-order valence-electron chi connectivity index (χ1n) is 0.